The predicted molar refractivity (Wildman–Crippen MR) is 172 cm³/mol. The summed E-state index contributed by atoms with van der Waals surface area (Å²) in [6.07, 6.45) is 9.89. The Labute approximate surface area is 269 Å². The van der Waals surface area contributed by atoms with E-state index in [-0.39, 0.29) is 62.9 Å². The number of anilines is 1. The molecule has 246 valence electrons. The van der Waals surface area contributed by atoms with E-state index in [1.807, 2.05) is 13.8 Å². The summed E-state index contributed by atoms with van der Waals surface area (Å²) in [6, 6.07) is 5.25. The molecule has 0 aliphatic carbocycles. The lowest BCUT2D eigenvalue weighted by Gasteiger charge is -2.36. The number of terminal acetylenes is 1. The van der Waals surface area contributed by atoms with Crippen molar-refractivity contribution in [3.8, 4) is 35.4 Å². The minimum absolute atomic E-state index is 0.0218. The highest BCUT2D eigenvalue weighted by molar-refractivity contribution is 6.03. The van der Waals surface area contributed by atoms with E-state index in [0.717, 1.165) is 38.8 Å². The average Bonchev–Trinajstić information content (AvgIpc) is 3.65. The molecular formula is C34H35F4N7O2. The molecule has 0 radical (unpaired) electrons. The lowest BCUT2D eigenvalue weighted by Crippen LogP contribution is -2.52. The minimum Gasteiger partial charge on any atom is -0.508 e. The summed E-state index contributed by atoms with van der Waals surface area (Å²) < 4.78 is 63.9. The number of pyridine rings is 1. The van der Waals surface area contributed by atoms with Crippen molar-refractivity contribution in [1.82, 2.24) is 30.3 Å². The zero-order chi connectivity index (χ0) is 33.3. The molecule has 0 spiro atoms. The summed E-state index contributed by atoms with van der Waals surface area (Å²) in [6.45, 7) is 6.96. The Hall–Kier alpha value is -4.67. The van der Waals surface area contributed by atoms with E-state index >= 15 is 4.39 Å². The number of hydrogen-bond acceptors (Lipinski definition) is 9. The van der Waals surface area contributed by atoms with Crippen molar-refractivity contribution in [3.63, 3.8) is 0 Å². The van der Waals surface area contributed by atoms with Crippen LogP contribution in [0.15, 0.2) is 42.7 Å². The van der Waals surface area contributed by atoms with E-state index in [0.29, 0.717) is 31.3 Å². The van der Waals surface area contributed by atoms with Crippen molar-refractivity contribution in [2.24, 2.45) is 0 Å². The molecule has 0 amide bonds. The maximum Gasteiger partial charge on any atom is 0.319 e. The smallest absolute Gasteiger partial charge is 0.319 e. The second-order valence-corrected chi connectivity index (χ2v) is 11.6. The first kappa shape index (κ1) is 32.3. The maximum atomic E-state index is 16.7. The molecule has 5 heterocycles. The zero-order valence-corrected chi connectivity index (χ0v) is 26.2. The highest BCUT2D eigenvalue weighted by atomic mass is 19.3. The summed E-state index contributed by atoms with van der Waals surface area (Å²) in [4.78, 5) is 17.6. The summed E-state index contributed by atoms with van der Waals surface area (Å²) in [5.74, 6) is 0.873. The molecule has 4 aromatic rings. The van der Waals surface area contributed by atoms with E-state index in [9.17, 15) is 18.3 Å². The number of nitrogens with one attached hydrogen (secondary N) is 1. The maximum absolute atomic E-state index is 16.7. The highest BCUT2D eigenvalue weighted by Gasteiger charge is 2.45. The molecule has 2 N–H and O–H groups in total. The Bertz CT molecular complexity index is 1880. The number of phenolic OH excluding ortho intramolecular Hbond substituents is 1. The van der Waals surface area contributed by atoms with Crippen LogP contribution in [-0.2, 0) is 0 Å². The fraction of sp³-hybridized carbons (Fsp3) is 0.382. The molecule has 3 fully saturated rings. The number of ether oxygens (including phenoxy) is 1. The molecule has 2 aromatic heterocycles. The number of halogens is 4. The third kappa shape index (κ3) is 5.99. The highest BCUT2D eigenvalue weighted by Crippen LogP contribution is 2.41. The molecule has 9 nitrogen and oxygen atoms in total. The first-order chi connectivity index (χ1) is 22.8. The van der Waals surface area contributed by atoms with Crippen LogP contribution in [0.5, 0.6) is 11.8 Å². The van der Waals surface area contributed by atoms with E-state index in [1.165, 1.54) is 35.5 Å². The van der Waals surface area contributed by atoms with Gasteiger partial charge in [0, 0.05) is 30.2 Å². The van der Waals surface area contributed by atoms with E-state index < -0.39 is 17.7 Å². The van der Waals surface area contributed by atoms with E-state index in [1.54, 1.807) is 4.90 Å². The van der Waals surface area contributed by atoms with Gasteiger partial charge in [-0.15, -0.1) is 6.42 Å². The van der Waals surface area contributed by atoms with E-state index in [4.69, 9.17) is 11.2 Å². The van der Waals surface area contributed by atoms with Gasteiger partial charge in [0.2, 0.25) is 0 Å². The molecule has 0 saturated carbocycles. The van der Waals surface area contributed by atoms with Gasteiger partial charge in [0.05, 0.1) is 22.7 Å². The van der Waals surface area contributed by atoms with Crippen molar-refractivity contribution in [3.05, 3.63) is 59.9 Å². The molecule has 0 bridgehead atoms. The molecule has 13 heteroatoms. The zero-order valence-electron chi connectivity index (χ0n) is 26.2. The molecule has 0 unspecified atom stereocenters. The van der Waals surface area contributed by atoms with Gasteiger partial charge in [0.25, 0.3) is 6.08 Å². The third-order valence-electron chi connectivity index (χ3n) is 8.95. The van der Waals surface area contributed by atoms with Crippen LogP contribution < -0.4 is 15.1 Å². The Morgan fingerprint density at radius 2 is 1.89 bits per heavy atom. The van der Waals surface area contributed by atoms with Crippen LogP contribution in [0.2, 0.25) is 0 Å². The molecule has 3 aliphatic heterocycles. The Morgan fingerprint density at radius 3 is 2.62 bits per heavy atom. The number of fused-ring (bicyclic) bond motifs is 3. The van der Waals surface area contributed by atoms with E-state index in [2.05, 4.69) is 31.2 Å². The van der Waals surface area contributed by atoms with Crippen molar-refractivity contribution in [2.45, 2.75) is 45.1 Å². The van der Waals surface area contributed by atoms with Crippen LogP contribution in [0, 0.1) is 24.0 Å². The fourth-order valence-electron chi connectivity index (χ4n) is 6.94. The SMILES string of the molecule is C#Cc1c(F)ccc2cc(O)cc(-c3ncc4c(N5CCNN(C=C(F)F)C5)nc(OCC56CCCN5CCC6)nc4c3F)c12.CC. The number of benzene rings is 2. The van der Waals surface area contributed by atoms with Gasteiger partial charge in [-0.1, -0.05) is 25.8 Å². The van der Waals surface area contributed by atoms with Crippen molar-refractivity contribution in [2.75, 3.05) is 44.4 Å². The lowest BCUT2D eigenvalue weighted by atomic mass is 9.95. The van der Waals surface area contributed by atoms with Gasteiger partial charge in [0.1, 0.15) is 41.9 Å². The Balaban J connectivity index is 0.00000190. The molecular weight excluding hydrogens is 614 g/mol. The molecule has 2 aromatic carbocycles. The molecule has 0 atom stereocenters. The van der Waals surface area contributed by atoms with Crippen LogP contribution >= 0.6 is 0 Å². The van der Waals surface area contributed by atoms with Crippen LogP contribution in [0.3, 0.4) is 0 Å². The normalized spacial score (nSPS) is 17.3. The molecule has 7 rings (SSSR count). The number of rotatable bonds is 6. The second kappa shape index (κ2) is 13.2. The summed E-state index contributed by atoms with van der Waals surface area (Å²) >= 11 is 0. The number of aromatic nitrogens is 3. The predicted octanol–water partition coefficient (Wildman–Crippen LogP) is 6.17. The van der Waals surface area contributed by atoms with Crippen LogP contribution in [0.25, 0.3) is 32.9 Å². The van der Waals surface area contributed by atoms with Crippen LogP contribution in [0.1, 0.15) is 45.1 Å². The minimum atomic E-state index is -1.88. The van der Waals surface area contributed by atoms with Crippen LogP contribution in [-0.4, -0.2) is 75.0 Å². The number of phenols is 1. The summed E-state index contributed by atoms with van der Waals surface area (Å²) in [7, 11) is 0. The number of hydrazine groups is 1. The van der Waals surface area contributed by atoms with Gasteiger partial charge in [-0.3, -0.25) is 14.9 Å². The fourth-order valence-corrected chi connectivity index (χ4v) is 6.94. The summed E-state index contributed by atoms with van der Waals surface area (Å²) in [5.41, 5.74) is 2.40. The topological polar surface area (TPSA) is 89.9 Å². The van der Waals surface area contributed by atoms with Gasteiger partial charge >= 0.3 is 6.01 Å². The van der Waals surface area contributed by atoms with Gasteiger partial charge < -0.3 is 14.7 Å². The Kier molecular flexibility index (Phi) is 9.07. The summed E-state index contributed by atoms with van der Waals surface area (Å²) in [5, 5.41) is 12.5. The van der Waals surface area contributed by atoms with Gasteiger partial charge in [0.15, 0.2) is 5.82 Å². The van der Waals surface area contributed by atoms with Gasteiger partial charge in [-0.05, 0) is 62.4 Å². The second-order valence-electron chi connectivity index (χ2n) is 11.6. The molecule has 47 heavy (non-hydrogen) atoms. The molecule has 3 saturated heterocycles. The number of hydrogen-bond donors (Lipinski definition) is 2. The standard InChI is InChI=1S/C32H29F4N7O2.C2H6/c1-2-21-24(33)6-5-19-13-20(44)14-22(26(19)21)28-27(36)29-23(15-37-28)30(41-12-9-38-43(18-41)16-25(34)35)40-31(39-29)45-17-32-7-3-10-42(32)11-4-8-32;1-2/h1,5-6,13-16,38,44H,3-4,7-12,17-18H2;1-2H3. The monoisotopic (exact) mass is 649 g/mol. The Morgan fingerprint density at radius 1 is 1.13 bits per heavy atom. The van der Waals surface area contributed by atoms with Gasteiger partial charge in [-0.2, -0.15) is 18.7 Å². The van der Waals surface area contributed by atoms with Crippen LogP contribution in [0.4, 0.5) is 23.4 Å². The quantitative estimate of drug-likeness (QED) is 0.188. The van der Waals surface area contributed by atoms with Crippen molar-refractivity contribution in [1.29, 1.82) is 0 Å². The lowest BCUT2D eigenvalue weighted by molar-refractivity contribution is 0.107. The number of aromatic hydroxyl groups is 1. The largest absolute Gasteiger partial charge is 0.508 e. The van der Waals surface area contributed by atoms with Gasteiger partial charge in [-0.25, -0.2) is 14.2 Å². The van der Waals surface area contributed by atoms with Crippen molar-refractivity contribution >= 4 is 27.5 Å². The molecule has 3 aliphatic rings. The average molecular weight is 650 g/mol. The third-order valence-corrected chi connectivity index (χ3v) is 8.95. The first-order valence-corrected chi connectivity index (χ1v) is 15.7. The first-order valence-electron chi connectivity index (χ1n) is 15.7. The number of nitrogens with zero attached hydrogens (tertiary/aromatic N) is 6. The van der Waals surface area contributed by atoms with Crippen molar-refractivity contribution < 1.29 is 27.4 Å².